The van der Waals surface area contributed by atoms with Gasteiger partial charge >= 0.3 is 0 Å². The summed E-state index contributed by atoms with van der Waals surface area (Å²) in [6.07, 6.45) is 10.1. The molecule has 0 radical (unpaired) electrons. The van der Waals surface area contributed by atoms with Crippen molar-refractivity contribution in [2.75, 3.05) is 11.9 Å². The van der Waals surface area contributed by atoms with E-state index in [0.717, 1.165) is 19.3 Å². The number of benzene rings is 1. The number of hydrogen-bond donors (Lipinski definition) is 2. The van der Waals surface area contributed by atoms with Gasteiger partial charge in [-0.25, -0.2) is 13.1 Å². The third kappa shape index (κ3) is 5.82. The molecule has 0 atom stereocenters. The van der Waals surface area contributed by atoms with Gasteiger partial charge in [0.15, 0.2) is 0 Å². The Morgan fingerprint density at radius 3 is 2.28 bits per heavy atom. The van der Waals surface area contributed by atoms with Crippen molar-refractivity contribution in [2.24, 2.45) is 11.8 Å². The smallest absolute Gasteiger partial charge is 0.240 e. The summed E-state index contributed by atoms with van der Waals surface area (Å²) in [5.74, 6) is 1.19. The SMILES string of the molecule is O=C(CCC1CCCCC1)Nc1ccc(S(=O)(=O)NCC2CC2)cc1. The summed E-state index contributed by atoms with van der Waals surface area (Å²) >= 11 is 0. The zero-order chi connectivity index (χ0) is 17.7. The molecule has 2 saturated carbocycles. The first kappa shape index (κ1) is 18.4. The van der Waals surface area contributed by atoms with E-state index in [9.17, 15) is 13.2 Å². The number of carbonyl (C=O) groups is 1. The fourth-order valence-electron chi connectivity index (χ4n) is 3.38. The van der Waals surface area contributed by atoms with Crippen LogP contribution in [-0.2, 0) is 14.8 Å². The highest BCUT2D eigenvalue weighted by molar-refractivity contribution is 7.89. The van der Waals surface area contributed by atoms with Crippen molar-refractivity contribution in [1.82, 2.24) is 4.72 Å². The lowest BCUT2D eigenvalue weighted by atomic mass is 9.86. The molecule has 0 unspecified atom stereocenters. The lowest BCUT2D eigenvalue weighted by Gasteiger charge is -2.21. The van der Waals surface area contributed by atoms with Crippen molar-refractivity contribution in [3.63, 3.8) is 0 Å². The average Bonchev–Trinajstić information content (AvgIpc) is 3.44. The first-order valence-electron chi connectivity index (χ1n) is 9.42. The molecule has 2 fully saturated rings. The molecule has 2 aliphatic carbocycles. The largest absolute Gasteiger partial charge is 0.326 e. The second-order valence-electron chi connectivity index (χ2n) is 7.41. The lowest BCUT2D eigenvalue weighted by molar-refractivity contribution is -0.116. The van der Waals surface area contributed by atoms with Gasteiger partial charge in [-0.1, -0.05) is 32.1 Å². The van der Waals surface area contributed by atoms with Crippen LogP contribution in [0.1, 0.15) is 57.8 Å². The van der Waals surface area contributed by atoms with Crippen molar-refractivity contribution in [3.05, 3.63) is 24.3 Å². The van der Waals surface area contributed by atoms with Gasteiger partial charge in [0.1, 0.15) is 0 Å². The van der Waals surface area contributed by atoms with E-state index in [1.54, 1.807) is 24.3 Å². The molecule has 2 aliphatic rings. The van der Waals surface area contributed by atoms with E-state index >= 15 is 0 Å². The Balaban J connectivity index is 1.46. The second-order valence-corrected chi connectivity index (χ2v) is 9.18. The Morgan fingerprint density at radius 1 is 0.960 bits per heavy atom. The minimum absolute atomic E-state index is 0.00744. The van der Waals surface area contributed by atoms with Crippen LogP contribution in [-0.4, -0.2) is 20.9 Å². The standard InChI is InChI=1S/C19H28N2O3S/c22-19(13-8-15-4-2-1-3-5-15)21-17-9-11-18(12-10-17)25(23,24)20-14-16-6-7-16/h9-12,15-16,20H,1-8,13-14H2,(H,21,22). The molecule has 0 aromatic heterocycles. The molecule has 0 saturated heterocycles. The molecule has 25 heavy (non-hydrogen) atoms. The second kappa shape index (κ2) is 8.32. The van der Waals surface area contributed by atoms with Crippen LogP contribution in [0.5, 0.6) is 0 Å². The molecule has 1 amide bonds. The van der Waals surface area contributed by atoms with Crippen molar-refractivity contribution in [3.8, 4) is 0 Å². The molecular weight excluding hydrogens is 336 g/mol. The molecule has 0 spiro atoms. The number of sulfonamides is 1. The van der Waals surface area contributed by atoms with Gasteiger partial charge in [-0.3, -0.25) is 4.79 Å². The summed E-state index contributed by atoms with van der Waals surface area (Å²) < 4.78 is 27.0. The van der Waals surface area contributed by atoms with E-state index in [1.165, 1.54) is 32.1 Å². The molecule has 0 heterocycles. The van der Waals surface area contributed by atoms with E-state index in [2.05, 4.69) is 10.0 Å². The normalized spacial score (nSPS) is 18.9. The maximum atomic E-state index is 12.2. The van der Waals surface area contributed by atoms with Gasteiger partial charge in [0.25, 0.3) is 0 Å². The van der Waals surface area contributed by atoms with Crippen LogP contribution in [0.25, 0.3) is 0 Å². The van der Waals surface area contributed by atoms with Crippen molar-refractivity contribution >= 4 is 21.6 Å². The van der Waals surface area contributed by atoms with Gasteiger partial charge in [0, 0.05) is 18.7 Å². The molecule has 0 aliphatic heterocycles. The predicted molar refractivity (Wildman–Crippen MR) is 98.8 cm³/mol. The Morgan fingerprint density at radius 2 is 1.64 bits per heavy atom. The monoisotopic (exact) mass is 364 g/mol. The average molecular weight is 365 g/mol. The summed E-state index contributed by atoms with van der Waals surface area (Å²) in [5.41, 5.74) is 0.648. The fourth-order valence-corrected chi connectivity index (χ4v) is 4.50. The Labute approximate surface area is 150 Å². The highest BCUT2D eigenvalue weighted by Crippen LogP contribution is 2.28. The highest BCUT2D eigenvalue weighted by Gasteiger charge is 2.24. The minimum Gasteiger partial charge on any atom is -0.326 e. The molecule has 5 nitrogen and oxygen atoms in total. The van der Waals surface area contributed by atoms with Crippen molar-refractivity contribution in [1.29, 1.82) is 0 Å². The number of carbonyl (C=O) groups excluding carboxylic acids is 1. The highest BCUT2D eigenvalue weighted by atomic mass is 32.2. The number of hydrogen-bond acceptors (Lipinski definition) is 3. The summed E-state index contributed by atoms with van der Waals surface area (Å²) in [6, 6.07) is 6.41. The quantitative estimate of drug-likeness (QED) is 0.739. The summed E-state index contributed by atoms with van der Waals surface area (Å²) in [6.45, 7) is 0.516. The van der Waals surface area contributed by atoms with E-state index in [-0.39, 0.29) is 10.8 Å². The van der Waals surface area contributed by atoms with Gasteiger partial charge in [-0.05, 0) is 55.4 Å². The maximum Gasteiger partial charge on any atom is 0.240 e. The lowest BCUT2D eigenvalue weighted by Crippen LogP contribution is -2.25. The number of nitrogens with one attached hydrogen (secondary N) is 2. The van der Waals surface area contributed by atoms with Crippen LogP contribution in [0.3, 0.4) is 0 Å². The number of anilines is 1. The van der Waals surface area contributed by atoms with Gasteiger partial charge in [0.2, 0.25) is 15.9 Å². The van der Waals surface area contributed by atoms with Gasteiger partial charge in [-0.2, -0.15) is 0 Å². The molecular formula is C19H28N2O3S. The number of amides is 1. The van der Waals surface area contributed by atoms with E-state index in [4.69, 9.17) is 0 Å². The van der Waals surface area contributed by atoms with Crippen LogP contribution in [0.4, 0.5) is 5.69 Å². The Hall–Kier alpha value is -1.40. The minimum atomic E-state index is -3.45. The zero-order valence-electron chi connectivity index (χ0n) is 14.7. The molecule has 6 heteroatoms. The van der Waals surface area contributed by atoms with E-state index < -0.39 is 10.0 Å². The molecule has 1 aromatic rings. The third-order valence-electron chi connectivity index (χ3n) is 5.21. The van der Waals surface area contributed by atoms with Gasteiger partial charge < -0.3 is 5.32 Å². The summed E-state index contributed by atoms with van der Waals surface area (Å²) in [4.78, 5) is 12.3. The predicted octanol–water partition coefficient (Wildman–Crippen LogP) is 3.67. The molecule has 1 aromatic carbocycles. The molecule has 138 valence electrons. The summed E-state index contributed by atoms with van der Waals surface area (Å²) in [7, 11) is -3.45. The van der Waals surface area contributed by atoms with E-state index in [1.807, 2.05) is 0 Å². The first-order valence-corrected chi connectivity index (χ1v) is 10.9. The fraction of sp³-hybridized carbons (Fsp3) is 0.632. The van der Waals surface area contributed by atoms with Gasteiger partial charge in [0.05, 0.1) is 4.90 Å². The number of rotatable bonds is 8. The zero-order valence-corrected chi connectivity index (χ0v) is 15.5. The first-order chi connectivity index (χ1) is 12.0. The topological polar surface area (TPSA) is 75.3 Å². The van der Waals surface area contributed by atoms with Crippen LogP contribution >= 0.6 is 0 Å². The van der Waals surface area contributed by atoms with Crippen molar-refractivity contribution < 1.29 is 13.2 Å². The maximum absolute atomic E-state index is 12.2. The van der Waals surface area contributed by atoms with Crippen molar-refractivity contribution in [2.45, 2.75) is 62.7 Å². The Bertz CT molecular complexity index is 675. The molecule has 2 N–H and O–H groups in total. The van der Waals surface area contributed by atoms with Crippen LogP contribution < -0.4 is 10.0 Å². The van der Waals surface area contributed by atoms with E-state index in [0.29, 0.717) is 30.5 Å². The Kier molecular flexibility index (Phi) is 6.12. The molecule has 0 bridgehead atoms. The summed E-state index contributed by atoms with van der Waals surface area (Å²) in [5, 5.41) is 2.87. The van der Waals surface area contributed by atoms with Gasteiger partial charge in [-0.15, -0.1) is 0 Å². The third-order valence-corrected chi connectivity index (χ3v) is 6.65. The van der Waals surface area contributed by atoms with Crippen LogP contribution in [0.2, 0.25) is 0 Å². The molecule has 3 rings (SSSR count). The van der Waals surface area contributed by atoms with Crippen LogP contribution in [0.15, 0.2) is 29.2 Å². The van der Waals surface area contributed by atoms with Crippen LogP contribution in [0, 0.1) is 11.8 Å².